The summed E-state index contributed by atoms with van der Waals surface area (Å²) in [5.41, 5.74) is 0.193. The number of nitrogens with zero attached hydrogens (tertiary/aromatic N) is 5. The van der Waals surface area contributed by atoms with Gasteiger partial charge in [-0.25, -0.2) is 19.6 Å². The van der Waals surface area contributed by atoms with Crippen molar-refractivity contribution in [3.05, 3.63) is 48.1 Å². The number of hydrogen-bond acceptors (Lipinski definition) is 7. The molecule has 0 aliphatic heterocycles. The molecule has 3 heterocycles. The third kappa shape index (κ3) is 4.94. The molecule has 0 bridgehead atoms. The van der Waals surface area contributed by atoms with Crippen LogP contribution in [0, 0.1) is 5.92 Å². The molecule has 0 radical (unpaired) electrons. The maximum Gasteiger partial charge on any atom is 0.270 e. The summed E-state index contributed by atoms with van der Waals surface area (Å²) in [5, 5.41) is 11.8. The fourth-order valence-corrected chi connectivity index (χ4v) is 2.95. The summed E-state index contributed by atoms with van der Waals surface area (Å²) in [6, 6.07) is 4.30. The zero-order valence-electron chi connectivity index (χ0n) is 14.9. The molecule has 27 heavy (non-hydrogen) atoms. The first-order chi connectivity index (χ1) is 13.0. The lowest BCUT2D eigenvalue weighted by molar-refractivity contribution is -0.118. The second-order valence-electron chi connectivity index (χ2n) is 6.20. The Hall–Kier alpha value is -3.14. The SMILES string of the molecule is CC(C)CC(NC(=O)c1cccc(-n2cncn2)n1)C(=O)Nc1nccs1. The van der Waals surface area contributed by atoms with E-state index in [0.717, 1.165) is 0 Å². The summed E-state index contributed by atoms with van der Waals surface area (Å²) in [6.07, 6.45) is 4.98. The highest BCUT2D eigenvalue weighted by Crippen LogP contribution is 2.13. The van der Waals surface area contributed by atoms with Crippen LogP contribution in [0.25, 0.3) is 5.82 Å². The van der Waals surface area contributed by atoms with Crippen molar-refractivity contribution in [3.63, 3.8) is 0 Å². The minimum atomic E-state index is -0.696. The molecular formula is C17H19N7O2S. The molecule has 140 valence electrons. The number of anilines is 1. The van der Waals surface area contributed by atoms with Crippen molar-refractivity contribution < 1.29 is 9.59 Å². The maximum absolute atomic E-state index is 12.7. The van der Waals surface area contributed by atoms with Gasteiger partial charge in [0.2, 0.25) is 5.91 Å². The van der Waals surface area contributed by atoms with Crippen molar-refractivity contribution in [1.82, 2.24) is 30.0 Å². The highest BCUT2D eigenvalue weighted by molar-refractivity contribution is 7.13. The van der Waals surface area contributed by atoms with Gasteiger partial charge in [0.1, 0.15) is 24.4 Å². The minimum absolute atomic E-state index is 0.193. The van der Waals surface area contributed by atoms with Crippen LogP contribution in [-0.4, -0.2) is 42.6 Å². The van der Waals surface area contributed by atoms with Crippen LogP contribution < -0.4 is 10.6 Å². The number of carbonyl (C=O) groups is 2. The Balaban J connectivity index is 1.74. The number of hydrogen-bond donors (Lipinski definition) is 2. The lowest BCUT2D eigenvalue weighted by Crippen LogP contribution is -2.44. The Morgan fingerprint density at radius 2 is 2.15 bits per heavy atom. The summed E-state index contributed by atoms with van der Waals surface area (Å²) >= 11 is 1.32. The molecule has 1 unspecified atom stereocenters. The number of rotatable bonds is 7. The Morgan fingerprint density at radius 1 is 1.30 bits per heavy atom. The molecule has 0 aromatic carbocycles. The summed E-state index contributed by atoms with van der Waals surface area (Å²) in [6.45, 7) is 3.97. The largest absolute Gasteiger partial charge is 0.339 e. The van der Waals surface area contributed by atoms with Crippen molar-refractivity contribution in [2.75, 3.05) is 5.32 Å². The normalized spacial score (nSPS) is 12.0. The first-order valence-electron chi connectivity index (χ1n) is 8.36. The molecule has 3 rings (SSSR count). The topological polar surface area (TPSA) is 115 Å². The van der Waals surface area contributed by atoms with E-state index >= 15 is 0 Å². The Kier molecular flexibility index (Phi) is 5.87. The number of thiazole rings is 1. The fraction of sp³-hybridized carbons (Fsp3) is 0.294. The standard InChI is InChI=1S/C17H19N7O2S/c1-11(2)8-13(16(26)23-17-19-6-7-27-17)22-15(25)12-4-3-5-14(21-12)24-10-18-9-20-24/h3-7,9-11,13H,8H2,1-2H3,(H,22,25)(H,19,23,26). The first kappa shape index (κ1) is 18.6. The molecule has 0 fully saturated rings. The second-order valence-corrected chi connectivity index (χ2v) is 7.10. The van der Waals surface area contributed by atoms with E-state index < -0.39 is 11.9 Å². The van der Waals surface area contributed by atoms with Gasteiger partial charge < -0.3 is 10.6 Å². The molecule has 0 spiro atoms. The molecule has 2 N–H and O–H groups in total. The Bertz CT molecular complexity index is 894. The van der Waals surface area contributed by atoms with Crippen LogP contribution in [0.5, 0.6) is 0 Å². The van der Waals surface area contributed by atoms with E-state index in [1.54, 1.807) is 29.8 Å². The molecule has 10 heteroatoms. The van der Waals surface area contributed by atoms with Gasteiger partial charge in [0.05, 0.1) is 0 Å². The van der Waals surface area contributed by atoms with E-state index in [2.05, 4.69) is 30.7 Å². The van der Waals surface area contributed by atoms with Gasteiger partial charge in [-0.1, -0.05) is 19.9 Å². The van der Waals surface area contributed by atoms with E-state index in [1.807, 2.05) is 13.8 Å². The van der Waals surface area contributed by atoms with Gasteiger partial charge in [0.25, 0.3) is 5.91 Å². The van der Waals surface area contributed by atoms with Crippen LogP contribution in [0.3, 0.4) is 0 Å². The van der Waals surface area contributed by atoms with Crippen LogP contribution in [0.2, 0.25) is 0 Å². The molecule has 9 nitrogen and oxygen atoms in total. The lowest BCUT2D eigenvalue weighted by atomic mass is 10.0. The van der Waals surface area contributed by atoms with E-state index in [1.165, 1.54) is 28.7 Å². The fourth-order valence-electron chi connectivity index (χ4n) is 2.42. The van der Waals surface area contributed by atoms with Crippen molar-refractivity contribution in [2.45, 2.75) is 26.3 Å². The van der Waals surface area contributed by atoms with E-state index in [0.29, 0.717) is 17.4 Å². The highest BCUT2D eigenvalue weighted by atomic mass is 32.1. The molecule has 3 aromatic rings. The average Bonchev–Trinajstić information content (AvgIpc) is 3.34. The summed E-state index contributed by atoms with van der Waals surface area (Å²) in [4.78, 5) is 37.4. The van der Waals surface area contributed by atoms with Crippen LogP contribution in [0.4, 0.5) is 5.13 Å². The lowest BCUT2D eigenvalue weighted by Gasteiger charge is -2.19. The molecule has 0 saturated carbocycles. The average molecular weight is 385 g/mol. The van der Waals surface area contributed by atoms with Crippen LogP contribution in [-0.2, 0) is 4.79 Å². The van der Waals surface area contributed by atoms with Crippen LogP contribution in [0.1, 0.15) is 30.8 Å². The predicted octanol–water partition coefficient (Wildman–Crippen LogP) is 1.90. The zero-order chi connectivity index (χ0) is 19.2. The third-order valence-electron chi connectivity index (χ3n) is 3.61. The number of nitrogens with one attached hydrogen (secondary N) is 2. The Labute approximate surface area is 159 Å². The molecule has 3 aromatic heterocycles. The second kappa shape index (κ2) is 8.49. The van der Waals surface area contributed by atoms with Crippen molar-refractivity contribution in [3.8, 4) is 5.82 Å². The van der Waals surface area contributed by atoms with Crippen molar-refractivity contribution in [2.24, 2.45) is 5.92 Å². The molecule has 0 aliphatic carbocycles. The van der Waals surface area contributed by atoms with Gasteiger partial charge in [0.15, 0.2) is 10.9 Å². The molecule has 2 amide bonds. The minimum Gasteiger partial charge on any atom is -0.339 e. The highest BCUT2D eigenvalue weighted by Gasteiger charge is 2.24. The first-order valence-corrected chi connectivity index (χ1v) is 9.24. The van der Waals surface area contributed by atoms with Crippen LogP contribution in [0.15, 0.2) is 42.4 Å². The van der Waals surface area contributed by atoms with Gasteiger partial charge in [-0.15, -0.1) is 11.3 Å². The quantitative estimate of drug-likeness (QED) is 0.642. The summed E-state index contributed by atoms with van der Waals surface area (Å²) in [7, 11) is 0. The molecule has 1 atom stereocenters. The summed E-state index contributed by atoms with van der Waals surface area (Å²) in [5.74, 6) is -0.0593. The molecule has 0 saturated heterocycles. The van der Waals surface area contributed by atoms with Gasteiger partial charge in [0, 0.05) is 11.6 Å². The van der Waals surface area contributed by atoms with Gasteiger partial charge in [-0.2, -0.15) is 5.10 Å². The van der Waals surface area contributed by atoms with E-state index in [9.17, 15) is 9.59 Å². The van der Waals surface area contributed by atoms with Crippen molar-refractivity contribution >= 4 is 28.3 Å². The number of pyridine rings is 1. The van der Waals surface area contributed by atoms with Gasteiger partial charge in [-0.3, -0.25) is 9.59 Å². The van der Waals surface area contributed by atoms with Gasteiger partial charge >= 0.3 is 0 Å². The smallest absolute Gasteiger partial charge is 0.270 e. The number of aromatic nitrogens is 5. The molecular weight excluding hydrogens is 366 g/mol. The van der Waals surface area contributed by atoms with Crippen molar-refractivity contribution in [1.29, 1.82) is 0 Å². The Morgan fingerprint density at radius 3 is 2.81 bits per heavy atom. The summed E-state index contributed by atoms with van der Waals surface area (Å²) < 4.78 is 1.46. The third-order valence-corrected chi connectivity index (χ3v) is 4.30. The predicted molar refractivity (Wildman–Crippen MR) is 101 cm³/mol. The van der Waals surface area contributed by atoms with Crippen LogP contribution >= 0.6 is 11.3 Å². The number of carbonyl (C=O) groups excluding carboxylic acids is 2. The van der Waals surface area contributed by atoms with E-state index in [4.69, 9.17) is 0 Å². The zero-order valence-corrected chi connectivity index (χ0v) is 15.7. The number of amides is 2. The monoisotopic (exact) mass is 385 g/mol. The maximum atomic E-state index is 12.7. The van der Waals surface area contributed by atoms with Gasteiger partial charge in [-0.05, 0) is 24.5 Å². The van der Waals surface area contributed by atoms with E-state index in [-0.39, 0.29) is 17.5 Å². The molecule has 0 aliphatic rings.